The molecule has 0 unspecified atom stereocenters. The van der Waals surface area contributed by atoms with Gasteiger partial charge in [0.15, 0.2) is 0 Å². The van der Waals surface area contributed by atoms with Crippen LogP contribution in [0.1, 0.15) is 0 Å². The van der Waals surface area contributed by atoms with Crippen LogP contribution in [0.2, 0.25) is 0 Å². The van der Waals surface area contributed by atoms with Gasteiger partial charge in [0.1, 0.15) is 0 Å². The Morgan fingerprint density at radius 2 is 1.00 bits per heavy atom. The molecule has 0 aliphatic rings. The summed E-state index contributed by atoms with van der Waals surface area (Å²) in [5, 5.41) is 7.74. The van der Waals surface area contributed by atoms with Gasteiger partial charge in [-0.15, -0.1) is 0 Å². The highest BCUT2D eigenvalue weighted by molar-refractivity contribution is 6.83. The third-order valence-corrected chi connectivity index (χ3v) is 6.53. The Balaban J connectivity index is 1.97. The van der Waals surface area contributed by atoms with E-state index in [4.69, 9.17) is 4.43 Å². The summed E-state index contributed by atoms with van der Waals surface area (Å²) >= 11 is 0. The predicted molar refractivity (Wildman–Crippen MR) is 99.9 cm³/mol. The van der Waals surface area contributed by atoms with Crippen molar-refractivity contribution in [1.29, 1.82) is 0 Å². The molecule has 4 aromatic rings. The van der Waals surface area contributed by atoms with E-state index in [9.17, 15) is 0 Å². The monoisotopic (exact) mass is 313 g/mol. The van der Waals surface area contributed by atoms with Crippen LogP contribution >= 0.6 is 0 Å². The number of rotatable bonds is 3. The molecular weight excluding hydrogens is 296 g/mol. The van der Waals surface area contributed by atoms with Gasteiger partial charge in [-0.3, -0.25) is 0 Å². The first kappa shape index (κ1) is 14.2. The molecule has 1 nitrogen and oxygen atoms in total. The van der Waals surface area contributed by atoms with Gasteiger partial charge in [-0.25, -0.2) is 0 Å². The van der Waals surface area contributed by atoms with Crippen molar-refractivity contribution >= 4 is 41.0 Å². The molecule has 0 aliphatic carbocycles. The minimum Gasteiger partial charge on any atom is -0.411 e. The van der Waals surface area contributed by atoms with E-state index in [1.807, 2.05) is 7.11 Å². The zero-order valence-corrected chi connectivity index (χ0v) is 14.0. The first-order chi connectivity index (χ1) is 11.4. The van der Waals surface area contributed by atoms with Crippen molar-refractivity contribution < 1.29 is 4.43 Å². The van der Waals surface area contributed by atoms with E-state index >= 15 is 0 Å². The zero-order chi connectivity index (χ0) is 15.6. The van der Waals surface area contributed by atoms with E-state index in [0.717, 1.165) is 0 Å². The van der Waals surface area contributed by atoms with Crippen LogP contribution in [0.15, 0.2) is 84.9 Å². The third-order valence-electron chi connectivity index (χ3n) is 4.27. The van der Waals surface area contributed by atoms with Gasteiger partial charge >= 0.3 is 0 Å². The van der Waals surface area contributed by atoms with Crippen molar-refractivity contribution in [3.8, 4) is 0 Å². The number of hydrogen-bond acceptors (Lipinski definition) is 1. The minimum atomic E-state index is -1.29. The van der Waals surface area contributed by atoms with Crippen molar-refractivity contribution in [3.05, 3.63) is 84.9 Å². The van der Waals surface area contributed by atoms with Gasteiger partial charge in [-0.2, -0.15) is 0 Å². The molecular formula is C21H17OSi. The quantitative estimate of drug-likeness (QED) is 0.524. The fraction of sp³-hybridized carbons (Fsp3) is 0.0476. The van der Waals surface area contributed by atoms with Gasteiger partial charge in [-0.1, -0.05) is 84.9 Å². The molecule has 1 radical (unpaired) electrons. The van der Waals surface area contributed by atoms with Crippen molar-refractivity contribution in [3.63, 3.8) is 0 Å². The second-order valence-corrected chi connectivity index (χ2v) is 7.73. The predicted octanol–water partition coefficient (Wildman–Crippen LogP) is 3.75. The normalized spacial score (nSPS) is 11.4. The average Bonchev–Trinajstić information content (AvgIpc) is 2.63. The Morgan fingerprint density at radius 1 is 0.565 bits per heavy atom. The van der Waals surface area contributed by atoms with Crippen molar-refractivity contribution in [2.45, 2.75) is 0 Å². The van der Waals surface area contributed by atoms with E-state index in [-0.39, 0.29) is 0 Å². The van der Waals surface area contributed by atoms with Crippen LogP contribution in [-0.2, 0) is 4.43 Å². The SMILES string of the molecule is CO[Si](c1cccc2ccccc12)c1cccc2ccccc12. The Morgan fingerprint density at radius 3 is 1.48 bits per heavy atom. The first-order valence-electron chi connectivity index (χ1n) is 7.76. The Bertz CT molecular complexity index is 887. The van der Waals surface area contributed by atoms with Gasteiger partial charge in [0.25, 0.3) is 9.04 Å². The molecule has 0 aliphatic heterocycles. The van der Waals surface area contributed by atoms with Gasteiger partial charge in [0.2, 0.25) is 0 Å². The summed E-state index contributed by atoms with van der Waals surface area (Å²) in [6.07, 6.45) is 0. The van der Waals surface area contributed by atoms with Crippen LogP contribution in [0.5, 0.6) is 0 Å². The Hall–Kier alpha value is -2.42. The molecule has 0 fully saturated rings. The largest absolute Gasteiger partial charge is 0.411 e. The highest BCUT2D eigenvalue weighted by atomic mass is 28.3. The molecule has 0 aromatic heterocycles. The first-order valence-corrected chi connectivity index (χ1v) is 9.16. The summed E-state index contributed by atoms with van der Waals surface area (Å²) in [7, 11) is 0.542. The highest BCUT2D eigenvalue weighted by Crippen LogP contribution is 2.15. The molecule has 0 bridgehead atoms. The summed E-state index contributed by atoms with van der Waals surface area (Å²) in [6, 6.07) is 30.1. The molecule has 0 amide bonds. The second kappa shape index (κ2) is 5.99. The molecule has 23 heavy (non-hydrogen) atoms. The fourth-order valence-electron chi connectivity index (χ4n) is 3.21. The number of hydrogen-bond donors (Lipinski definition) is 0. The van der Waals surface area contributed by atoms with Gasteiger partial charge in [0, 0.05) is 7.11 Å². The smallest absolute Gasteiger partial charge is 0.283 e. The molecule has 0 heterocycles. The van der Waals surface area contributed by atoms with Crippen LogP contribution < -0.4 is 10.4 Å². The molecule has 0 saturated heterocycles. The summed E-state index contributed by atoms with van der Waals surface area (Å²) in [4.78, 5) is 0. The van der Waals surface area contributed by atoms with Crippen LogP contribution in [0.4, 0.5) is 0 Å². The third kappa shape index (κ3) is 2.46. The van der Waals surface area contributed by atoms with Crippen LogP contribution in [0, 0.1) is 0 Å². The van der Waals surface area contributed by atoms with E-state index in [1.54, 1.807) is 0 Å². The standard InChI is InChI=1S/C21H17OSi/c1-22-23(20-14-6-10-16-8-2-4-12-18(16)20)21-15-7-11-17-9-3-5-13-19(17)21/h2-15H,1H3. The van der Waals surface area contributed by atoms with Crippen molar-refractivity contribution in [1.82, 2.24) is 0 Å². The topological polar surface area (TPSA) is 9.23 Å². The number of fused-ring (bicyclic) bond motifs is 2. The van der Waals surface area contributed by atoms with Gasteiger partial charge in [0.05, 0.1) is 0 Å². The fourth-order valence-corrected chi connectivity index (χ4v) is 5.38. The average molecular weight is 313 g/mol. The van der Waals surface area contributed by atoms with Gasteiger partial charge in [-0.05, 0) is 31.9 Å². The minimum absolute atomic E-state index is 1.27. The van der Waals surface area contributed by atoms with E-state index in [2.05, 4.69) is 84.9 Å². The molecule has 0 atom stereocenters. The second-order valence-electron chi connectivity index (χ2n) is 5.59. The maximum absolute atomic E-state index is 6.04. The van der Waals surface area contributed by atoms with Crippen LogP contribution in [0.3, 0.4) is 0 Å². The molecule has 4 aromatic carbocycles. The van der Waals surface area contributed by atoms with E-state index in [0.29, 0.717) is 0 Å². The summed E-state index contributed by atoms with van der Waals surface area (Å²) in [5.74, 6) is 0. The van der Waals surface area contributed by atoms with Crippen LogP contribution in [0.25, 0.3) is 21.5 Å². The lowest BCUT2D eigenvalue weighted by molar-refractivity contribution is 0.439. The molecule has 111 valence electrons. The molecule has 4 rings (SSSR count). The Labute approximate surface area is 137 Å². The Kier molecular flexibility index (Phi) is 3.70. The molecule has 0 N–H and O–H groups in total. The lowest BCUT2D eigenvalue weighted by Crippen LogP contribution is -2.44. The van der Waals surface area contributed by atoms with E-state index < -0.39 is 9.04 Å². The number of benzene rings is 4. The summed E-state index contributed by atoms with van der Waals surface area (Å²) < 4.78 is 6.04. The molecule has 0 saturated carbocycles. The molecule has 0 spiro atoms. The summed E-state index contributed by atoms with van der Waals surface area (Å²) in [6.45, 7) is 0. The lowest BCUT2D eigenvalue weighted by atomic mass is 10.1. The van der Waals surface area contributed by atoms with E-state index in [1.165, 1.54) is 31.9 Å². The van der Waals surface area contributed by atoms with Crippen LogP contribution in [-0.4, -0.2) is 16.2 Å². The zero-order valence-electron chi connectivity index (χ0n) is 13.0. The molecule has 2 heteroatoms. The maximum atomic E-state index is 6.04. The highest BCUT2D eigenvalue weighted by Gasteiger charge is 2.22. The lowest BCUT2D eigenvalue weighted by Gasteiger charge is -2.17. The van der Waals surface area contributed by atoms with Gasteiger partial charge < -0.3 is 4.43 Å². The van der Waals surface area contributed by atoms with Crippen molar-refractivity contribution in [2.24, 2.45) is 0 Å². The van der Waals surface area contributed by atoms with Crippen molar-refractivity contribution in [2.75, 3.05) is 7.11 Å². The maximum Gasteiger partial charge on any atom is 0.283 e. The summed E-state index contributed by atoms with van der Waals surface area (Å²) in [5.41, 5.74) is 0.